The van der Waals surface area contributed by atoms with Crippen LogP contribution in [0.3, 0.4) is 0 Å². The van der Waals surface area contributed by atoms with Crippen molar-refractivity contribution in [3.8, 4) is 0 Å². The Labute approximate surface area is 139 Å². The molecule has 0 saturated carbocycles. The number of sulfone groups is 1. The number of hydrogen-bond acceptors (Lipinski definition) is 4. The number of anilines is 1. The van der Waals surface area contributed by atoms with Crippen molar-refractivity contribution in [2.75, 3.05) is 18.4 Å². The molecule has 1 unspecified atom stereocenters. The first kappa shape index (κ1) is 17.8. The van der Waals surface area contributed by atoms with Crippen molar-refractivity contribution in [2.45, 2.75) is 50.7 Å². The molecule has 128 valence electrons. The fourth-order valence-electron chi connectivity index (χ4n) is 2.62. The Morgan fingerprint density at radius 2 is 1.70 bits per heavy atom. The monoisotopic (exact) mass is 338 g/mol. The molecule has 6 heteroatoms. The molecule has 0 spiro atoms. The van der Waals surface area contributed by atoms with E-state index in [-0.39, 0.29) is 23.0 Å². The number of likely N-dealkylation sites (tertiary alicyclic amines) is 1. The van der Waals surface area contributed by atoms with Crippen LogP contribution >= 0.6 is 0 Å². The Balaban J connectivity index is 1.95. The van der Waals surface area contributed by atoms with E-state index in [2.05, 4.69) is 5.32 Å². The Morgan fingerprint density at radius 3 is 2.22 bits per heavy atom. The van der Waals surface area contributed by atoms with Crippen LogP contribution in [0.15, 0.2) is 24.3 Å². The number of rotatable bonds is 6. The molecule has 1 aromatic carbocycles. The minimum absolute atomic E-state index is 0.0488. The van der Waals surface area contributed by atoms with E-state index >= 15 is 0 Å². The molecule has 1 heterocycles. The quantitative estimate of drug-likeness (QED) is 0.865. The molecule has 2 rings (SSSR count). The third-order valence-corrected chi connectivity index (χ3v) is 6.38. The molecule has 0 radical (unpaired) electrons. The highest BCUT2D eigenvalue weighted by atomic mass is 32.2. The zero-order valence-corrected chi connectivity index (χ0v) is 14.9. The molecule has 0 aromatic heterocycles. The number of nitrogens with zero attached hydrogens (tertiary/aromatic N) is 1. The lowest BCUT2D eigenvalue weighted by Crippen LogP contribution is -2.39. The molecule has 0 bridgehead atoms. The summed E-state index contributed by atoms with van der Waals surface area (Å²) in [7, 11) is -3.09. The van der Waals surface area contributed by atoms with Crippen LogP contribution in [0, 0.1) is 0 Å². The van der Waals surface area contributed by atoms with E-state index in [1.165, 1.54) is 0 Å². The summed E-state index contributed by atoms with van der Waals surface area (Å²) < 4.78 is 23.9. The van der Waals surface area contributed by atoms with Crippen molar-refractivity contribution in [2.24, 2.45) is 0 Å². The Hall–Kier alpha value is -1.56. The van der Waals surface area contributed by atoms with Crippen LogP contribution in [0.2, 0.25) is 0 Å². The summed E-state index contributed by atoms with van der Waals surface area (Å²) in [6.07, 6.45) is 2.16. The average Bonchev–Trinajstić information content (AvgIpc) is 3.02. The number of nitrogens with one attached hydrogen (secondary N) is 1. The van der Waals surface area contributed by atoms with Crippen molar-refractivity contribution >= 4 is 21.4 Å². The molecule has 0 aliphatic carbocycles. The standard InChI is InChI=1S/C17H26N2O3S/c1-13(2)23(21,22)12-15-6-8-16(9-7-15)18-14(3)17(20)19-10-4-5-11-19/h6-9,13-14,18H,4-5,10-12H2,1-3H3. The predicted octanol–water partition coefficient (Wildman–Crippen LogP) is 2.43. The summed E-state index contributed by atoms with van der Waals surface area (Å²) in [5, 5.41) is 2.81. The molecule has 1 aromatic rings. The molecule has 1 aliphatic heterocycles. The maximum atomic E-state index is 12.3. The Morgan fingerprint density at radius 1 is 1.13 bits per heavy atom. The van der Waals surface area contributed by atoms with Gasteiger partial charge in [-0.2, -0.15) is 0 Å². The molecule has 1 N–H and O–H groups in total. The number of benzene rings is 1. The van der Waals surface area contributed by atoms with E-state index < -0.39 is 9.84 Å². The van der Waals surface area contributed by atoms with E-state index in [4.69, 9.17) is 0 Å². The van der Waals surface area contributed by atoms with Crippen molar-refractivity contribution in [3.63, 3.8) is 0 Å². The molecule has 1 amide bonds. The molecular formula is C17H26N2O3S. The second-order valence-corrected chi connectivity index (χ2v) is 9.01. The number of carbonyl (C=O) groups is 1. The van der Waals surface area contributed by atoms with Gasteiger partial charge in [-0.1, -0.05) is 12.1 Å². The third kappa shape index (κ3) is 4.70. The first-order valence-corrected chi connectivity index (χ1v) is 9.87. The van der Waals surface area contributed by atoms with Gasteiger partial charge in [-0.15, -0.1) is 0 Å². The van der Waals surface area contributed by atoms with Gasteiger partial charge in [-0.25, -0.2) is 8.42 Å². The normalized spacial score (nSPS) is 16.6. The average molecular weight is 338 g/mol. The Kier molecular flexibility index (Phi) is 5.68. The van der Waals surface area contributed by atoms with E-state index in [0.717, 1.165) is 37.2 Å². The van der Waals surface area contributed by atoms with Gasteiger partial charge in [0.1, 0.15) is 6.04 Å². The van der Waals surface area contributed by atoms with E-state index in [1.807, 2.05) is 24.0 Å². The highest BCUT2D eigenvalue weighted by Crippen LogP contribution is 2.16. The largest absolute Gasteiger partial charge is 0.374 e. The zero-order valence-electron chi connectivity index (χ0n) is 14.1. The summed E-state index contributed by atoms with van der Waals surface area (Å²) in [6.45, 7) is 6.93. The fraction of sp³-hybridized carbons (Fsp3) is 0.588. The van der Waals surface area contributed by atoms with Gasteiger partial charge in [0.05, 0.1) is 11.0 Å². The van der Waals surface area contributed by atoms with Gasteiger partial charge in [-0.05, 0) is 51.3 Å². The maximum Gasteiger partial charge on any atom is 0.244 e. The number of carbonyl (C=O) groups excluding carboxylic acids is 1. The minimum atomic E-state index is -3.09. The van der Waals surface area contributed by atoms with Gasteiger partial charge in [0.25, 0.3) is 0 Å². The van der Waals surface area contributed by atoms with Gasteiger partial charge in [0.15, 0.2) is 9.84 Å². The second-order valence-electron chi connectivity index (χ2n) is 6.45. The molecule has 1 atom stereocenters. The SMILES string of the molecule is CC(Nc1ccc(CS(=O)(=O)C(C)C)cc1)C(=O)N1CCCC1. The van der Waals surface area contributed by atoms with Crippen LogP contribution in [-0.4, -0.2) is 43.6 Å². The van der Waals surface area contributed by atoms with Crippen molar-refractivity contribution in [1.29, 1.82) is 0 Å². The van der Waals surface area contributed by atoms with Crippen LogP contribution in [0.25, 0.3) is 0 Å². The lowest BCUT2D eigenvalue weighted by atomic mass is 10.2. The first-order valence-electron chi connectivity index (χ1n) is 8.15. The number of amides is 1. The zero-order chi connectivity index (χ0) is 17.0. The van der Waals surface area contributed by atoms with Gasteiger partial charge in [-0.3, -0.25) is 4.79 Å². The second kappa shape index (κ2) is 7.34. The van der Waals surface area contributed by atoms with Crippen LogP contribution in [0.4, 0.5) is 5.69 Å². The summed E-state index contributed by atoms with van der Waals surface area (Å²) in [5.74, 6) is 0.168. The van der Waals surface area contributed by atoms with Crippen LogP contribution in [0.5, 0.6) is 0 Å². The highest BCUT2D eigenvalue weighted by Gasteiger charge is 2.23. The molecule has 23 heavy (non-hydrogen) atoms. The molecule has 5 nitrogen and oxygen atoms in total. The lowest BCUT2D eigenvalue weighted by molar-refractivity contribution is -0.130. The molecule has 1 saturated heterocycles. The van der Waals surface area contributed by atoms with Gasteiger partial charge in [0, 0.05) is 18.8 Å². The van der Waals surface area contributed by atoms with E-state index in [0.29, 0.717) is 0 Å². The number of hydrogen-bond donors (Lipinski definition) is 1. The van der Waals surface area contributed by atoms with Crippen molar-refractivity contribution in [1.82, 2.24) is 4.90 Å². The van der Waals surface area contributed by atoms with Crippen LogP contribution < -0.4 is 5.32 Å². The van der Waals surface area contributed by atoms with Gasteiger partial charge < -0.3 is 10.2 Å². The summed E-state index contributed by atoms with van der Waals surface area (Å²) in [4.78, 5) is 14.2. The maximum absolute atomic E-state index is 12.3. The van der Waals surface area contributed by atoms with E-state index in [9.17, 15) is 13.2 Å². The van der Waals surface area contributed by atoms with Gasteiger partial charge in [0.2, 0.25) is 5.91 Å². The third-order valence-electron chi connectivity index (χ3n) is 4.21. The predicted molar refractivity (Wildman–Crippen MR) is 93.1 cm³/mol. The van der Waals surface area contributed by atoms with E-state index in [1.54, 1.807) is 26.0 Å². The molecule has 1 fully saturated rings. The Bertz CT molecular complexity index is 632. The molecule has 1 aliphatic rings. The molecular weight excluding hydrogens is 312 g/mol. The van der Waals surface area contributed by atoms with Gasteiger partial charge >= 0.3 is 0 Å². The minimum Gasteiger partial charge on any atom is -0.374 e. The highest BCUT2D eigenvalue weighted by molar-refractivity contribution is 7.91. The van der Waals surface area contributed by atoms with Crippen molar-refractivity contribution in [3.05, 3.63) is 29.8 Å². The first-order chi connectivity index (χ1) is 10.8. The van der Waals surface area contributed by atoms with Crippen molar-refractivity contribution < 1.29 is 13.2 Å². The smallest absolute Gasteiger partial charge is 0.244 e. The lowest BCUT2D eigenvalue weighted by Gasteiger charge is -2.22. The summed E-state index contributed by atoms with van der Waals surface area (Å²) >= 11 is 0. The summed E-state index contributed by atoms with van der Waals surface area (Å²) in [5.41, 5.74) is 1.60. The van der Waals surface area contributed by atoms with Crippen LogP contribution in [0.1, 0.15) is 39.2 Å². The van der Waals surface area contributed by atoms with Crippen LogP contribution in [-0.2, 0) is 20.4 Å². The topological polar surface area (TPSA) is 66.5 Å². The fourth-order valence-corrected chi connectivity index (χ4v) is 3.61. The summed E-state index contributed by atoms with van der Waals surface area (Å²) in [6, 6.07) is 6.99.